The number of likely N-dealkylation sites (tertiary alicyclic amines) is 1. The minimum absolute atomic E-state index is 0.0673. The van der Waals surface area contributed by atoms with Crippen molar-refractivity contribution in [1.82, 2.24) is 20.4 Å². The number of carbonyl (C=O) groups excluding carboxylic acids is 4. The Labute approximate surface area is 162 Å². The third-order valence-corrected chi connectivity index (χ3v) is 4.79. The SMILES string of the molecule is CCN(C)CCNC(=O)CCCCCNC(=O)CCN1C(=O)CC(C)C1=O. The predicted octanol–water partition coefficient (Wildman–Crippen LogP) is 0.516. The van der Waals surface area contributed by atoms with E-state index in [9.17, 15) is 19.2 Å². The van der Waals surface area contributed by atoms with Gasteiger partial charge in [-0.3, -0.25) is 24.1 Å². The molecular weight excluding hydrogens is 348 g/mol. The van der Waals surface area contributed by atoms with Crippen LogP contribution < -0.4 is 10.6 Å². The van der Waals surface area contributed by atoms with E-state index in [1.54, 1.807) is 6.92 Å². The van der Waals surface area contributed by atoms with Gasteiger partial charge in [-0.15, -0.1) is 0 Å². The molecule has 2 N–H and O–H groups in total. The molecule has 8 nitrogen and oxygen atoms in total. The topological polar surface area (TPSA) is 98.8 Å². The second-order valence-corrected chi connectivity index (χ2v) is 7.15. The lowest BCUT2D eigenvalue weighted by Gasteiger charge is -2.14. The molecule has 1 unspecified atom stereocenters. The number of rotatable bonds is 13. The van der Waals surface area contributed by atoms with Crippen LogP contribution >= 0.6 is 0 Å². The molecule has 4 amide bonds. The second kappa shape index (κ2) is 12.4. The zero-order chi connectivity index (χ0) is 20.2. The first-order valence-electron chi connectivity index (χ1n) is 9.91. The van der Waals surface area contributed by atoms with Crippen molar-refractivity contribution in [2.24, 2.45) is 5.92 Å². The smallest absolute Gasteiger partial charge is 0.232 e. The van der Waals surface area contributed by atoms with Crippen molar-refractivity contribution in [2.45, 2.75) is 52.4 Å². The first-order valence-corrected chi connectivity index (χ1v) is 9.91. The van der Waals surface area contributed by atoms with Gasteiger partial charge in [0.15, 0.2) is 0 Å². The van der Waals surface area contributed by atoms with Gasteiger partial charge in [-0.05, 0) is 26.4 Å². The molecule has 0 radical (unpaired) electrons. The van der Waals surface area contributed by atoms with E-state index >= 15 is 0 Å². The standard InChI is InChI=1S/C19H34N4O4/c1-4-22(3)13-11-21-16(24)8-6-5-7-10-20-17(25)9-12-23-18(26)14-15(2)19(23)27/h15H,4-14H2,1-3H3,(H,20,25)(H,21,24). The van der Waals surface area contributed by atoms with E-state index in [1.807, 2.05) is 7.05 Å². The second-order valence-electron chi connectivity index (χ2n) is 7.15. The van der Waals surface area contributed by atoms with Crippen molar-refractivity contribution in [1.29, 1.82) is 0 Å². The largest absolute Gasteiger partial charge is 0.356 e. The lowest BCUT2D eigenvalue weighted by Crippen LogP contribution is -2.35. The zero-order valence-electron chi connectivity index (χ0n) is 16.9. The highest BCUT2D eigenvalue weighted by Gasteiger charge is 2.35. The molecule has 1 fully saturated rings. The Bertz CT molecular complexity index is 524. The van der Waals surface area contributed by atoms with Crippen LogP contribution in [0.2, 0.25) is 0 Å². The van der Waals surface area contributed by atoms with Gasteiger partial charge >= 0.3 is 0 Å². The lowest BCUT2D eigenvalue weighted by atomic mass is 10.1. The van der Waals surface area contributed by atoms with Crippen molar-refractivity contribution >= 4 is 23.6 Å². The summed E-state index contributed by atoms with van der Waals surface area (Å²) >= 11 is 0. The molecule has 1 aliphatic rings. The number of likely N-dealkylation sites (N-methyl/N-ethyl adjacent to an activating group) is 1. The predicted molar refractivity (Wildman–Crippen MR) is 103 cm³/mol. The fourth-order valence-electron chi connectivity index (χ4n) is 2.83. The summed E-state index contributed by atoms with van der Waals surface area (Å²) in [5.41, 5.74) is 0. The van der Waals surface area contributed by atoms with Crippen molar-refractivity contribution in [3.63, 3.8) is 0 Å². The molecule has 1 aliphatic heterocycles. The average Bonchev–Trinajstić information content (AvgIpc) is 2.87. The first-order chi connectivity index (χ1) is 12.8. The average molecular weight is 383 g/mol. The molecule has 0 saturated carbocycles. The van der Waals surface area contributed by atoms with Crippen LogP contribution in [0.15, 0.2) is 0 Å². The Balaban J connectivity index is 2.00. The van der Waals surface area contributed by atoms with Gasteiger partial charge in [-0.25, -0.2) is 0 Å². The highest BCUT2D eigenvalue weighted by atomic mass is 16.2. The third kappa shape index (κ3) is 8.99. The van der Waals surface area contributed by atoms with E-state index in [0.717, 1.165) is 32.4 Å². The summed E-state index contributed by atoms with van der Waals surface area (Å²) in [6.45, 7) is 6.98. The maximum Gasteiger partial charge on any atom is 0.232 e. The molecule has 0 aromatic carbocycles. The number of unbranched alkanes of at least 4 members (excludes halogenated alkanes) is 2. The number of imide groups is 1. The lowest BCUT2D eigenvalue weighted by molar-refractivity contribution is -0.139. The minimum Gasteiger partial charge on any atom is -0.356 e. The molecule has 0 spiro atoms. The summed E-state index contributed by atoms with van der Waals surface area (Å²) in [5.74, 6) is -0.747. The number of amides is 4. The van der Waals surface area contributed by atoms with Gasteiger partial charge in [0.25, 0.3) is 0 Å². The molecule has 0 aromatic rings. The molecule has 8 heteroatoms. The maximum absolute atomic E-state index is 11.8. The van der Waals surface area contributed by atoms with Gasteiger partial charge in [0.1, 0.15) is 0 Å². The van der Waals surface area contributed by atoms with E-state index < -0.39 is 0 Å². The minimum atomic E-state index is -0.273. The Kier molecular flexibility index (Phi) is 10.6. The monoisotopic (exact) mass is 382 g/mol. The highest BCUT2D eigenvalue weighted by molar-refractivity contribution is 6.03. The van der Waals surface area contributed by atoms with Crippen LogP contribution in [-0.2, 0) is 19.2 Å². The number of carbonyl (C=O) groups is 4. The summed E-state index contributed by atoms with van der Waals surface area (Å²) in [6, 6.07) is 0. The number of hydrogen-bond acceptors (Lipinski definition) is 5. The van der Waals surface area contributed by atoms with E-state index in [2.05, 4.69) is 22.5 Å². The molecule has 0 bridgehead atoms. The Morgan fingerprint density at radius 2 is 1.74 bits per heavy atom. The van der Waals surface area contributed by atoms with Gasteiger partial charge in [0, 0.05) is 51.4 Å². The van der Waals surface area contributed by atoms with Crippen molar-refractivity contribution < 1.29 is 19.2 Å². The quantitative estimate of drug-likeness (QED) is 0.357. The molecule has 1 atom stereocenters. The number of nitrogens with zero attached hydrogens (tertiary/aromatic N) is 2. The van der Waals surface area contributed by atoms with Crippen molar-refractivity contribution in [3.05, 3.63) is 0 Å². The number of nitrogens with one attached hydrogen (secondary N) is 2. The van der Waals surface area contributed by atoms with Gasteiger partial charge in [-0.1, -0.05) is 20.3 Å². The van der Waals surface area contributed by atoms with Crippen LogP contribution in [0.5, 0.6) is 0 Å². The maximum atomic E-state index is 11.8. The summed E-state index contributed by atoms with van der Waals surface area (Å²) in [6.07, 6.45) is 3.34. The summed E-state index contributed by atoms with van der Waals surface area (Å²) in [4.78, 5) is 50.2. The van der Waals surface area contributed by atoms with Crippen LogP contribution in [0.1, 0.15) is 52.4 Å². The van der Waals surface area contributed by atoms with Gasteiger partial charge in [-0.2, -0.15) is 0 Å². The molecule has 27 heavy (non-hydrogen) atoms. The van der Waals surface area contributed by atoms with E-state index in [-0.39, 0.29) is 48.9 Å². The van der Waals surface area contributed by atoms with Crippen molar-refractivity contribution in [3.8, 4) is 0 Å². The fraction of sp³-hybridized carbons (Fsp3) is 0.789. The van der Waals surface area contributed by atoms with Crippen LogP contribution in [0.3, 0.4) is 0 Å². The molecule has 1 rings (SSSR count). The number of hydrogen-bond donors (Lipinski definition) is 2. The first kappa shape index (κ1) is 23.1. The van der Waals surface area contributed by atoms with Gasteiger partial charge in [0.05, 0.1) is 0 Å². The van der Waals surface area contributed by atoms with Crippen LogP contribution in [0.25, 0.3) is 0 Å². The molecule has 0 aliphatic carbocycles. The fourth-order valence-corrected chi connectivity index (χ4v) is 2.83. The van der Waals surface area contributed by atoms with Crippen LogP contribution in [-0.4, -0.2) is 73.2 Å². The molecule has 1 saturated heterocycles. The molecule has 154 valence electrons. The van der Waals surface area contributed by atoms with E-state index in [4.69, 9.17) is 0 Å². The third-order valence-electron chi connectivity index (χ3n) is 4.79. The Morgan fingerprint density at radius 1 is 1.07 bits per heavy atom. The summed E-state index contributed by atoms with van der Waals surface area (Å²) < 4.78 is 0. The highest BCUT2D eigenvalue weighted by Crippen LogP contribution is 2.18. The molecule has 1 heterocycles. The Morgan fingerprint density at radius 3 is 2.37 bits per heavy atom. The van der Waals surface area contributed by atoms with Gasteiger partial charge < -0.3 is 15.5 Å². The summed E-state index contributed by atoms with van der Waals surface area (Å²) in [7, 11) is 2.02. The van der Waals surface area contributed by atoms with Crippen LogP contribution in [0, 0.1) is 5.92 Å². The van der Waals surface area contributed by atoms with E-state index in [1.165, 1.54) is 4.90 Å². The van der Waals surface area contributed by atoms with Gasteiger partial charge in [0.2, 0.25) is 23.6 Å². The van der Waals surface area contributed by atoms with Crippen molar-refractivity contribution in [2.75, 3.05) is 39.8 Å². The van der Waals surface area contributed by atoms with Crippen LogP contribution in [0.4, 0.5) is 0 Å². The summed E-state index contributed by atoms with van der Waals surface area (Å²) in [5, 5.41) is 5.70. The molecule has 0 aromatic heterocycles. The van der Waals surface area contributed by atoms with E-state index in [0.29, 0.717) is 19.5 Å². The normalized spacial score (nSPS) is 16.9. The zero-order valence-corrected chi connectivity index (χ0v) is 16.9. The molecular formula is C19H34N4O4. The Hall–Kier alpha value is -1.96.